The van der Waals surface area contributed by atoms with Gasteiger partial charge in [-0.1, -0.05) is 0 Å². The molecule has 0 aliphatic carbocycles. The molecule has 0 saturated carbocycles. The summed E-state index contributed by atoms with van der Waals surface area (Å²) in [6.45, 7) is 5.35. The highest BCUT2D eigenvalue weighted by molar-refractivity contribution is 7.23. The Hall–Kier alpha value is 0.0200. The van der Waals surface area contributed by atoms with Gasteiger partial charge in [0.15, 0.2) is 8.46 Å². The van der Waals surface area contributed by atoms with Gasteiger partial charge in [-0.15, -0.1) is 0 Å². The van der Waals surface area contributed by atoms with Gasteiger partial charge in [-0.3, -0.25) is 4.57 Å². The number of piperazine rings is 1. The van der Waals surface area contributed by atoms with E-state index in [1.165, 1.54) is 0 Å². The second kappa shape index (κ2) is 4.78. The van der Waals surface area contributed by atoms with Crippen LogP contribution in [0, 0.1) is 0 Å². The average Bonchev–Trinajstić information content (AvgIpc) is 2.03. The monoisotopic (exact) mass is 160 g/mol. The first-order valence-corrected chi connectivity index (χ1v) is 4.65. The molecule has 0 bridgehead atoms. The largest absolute Gasteiger partial charge is 0.314 e. The maximum atomic E-state index is 10.1. The van der Waals surface area contributed by atoms with Gasteiger partial charge in [-0.2, -0.15) is 0 Å². The van der Waals surface area contributed by atoms with Gasteiger partial charge in [0.25, 0.3) is 0 Å². The molecule has 1 fully saturated rings. The van der Waals surface area contributed by atoms with Crippen molar-refractivity contribution in [2.75, 3.05) is 38.9 Å². The summed E-state index contributed by atoms with van der Waals surface area (Å²) in [5.41, 5.74) is 0. The highest BCUT2D eigenvalue weighted by Crippen LogP contribution is 1.96. The molecule has 1 rings (SSSR count). The summed E-state index contributed by atoms with van der Waals surface area (Å²) in [6.07, 6.45) is 0.778. The van der Waals surface area contributed by atoms with Gasteiger partial charge in [0.2, 0.25) is 0 Å². The zero-order valence-electron chi connectivity index (χ0n) is 6.05. The molecule has 3 nitrogen and oxygen atoms in total. The lowest BCUT2D eigenvalue weighted by molar-refractivity contribution is 0.254. The van der Waals surface area contributed by atoms with Gasteiger partial charge in [-0.25, -0.2) is 0 Å². The highest BCUT2D eigenvalue weighted by Gasteiger charge is 2.07. The summed E-state index contributed by atoms with van der Waals surface area (Å²) in [7, 11) is 0.277. The van der Waals surface area contributed by atoms with Crippen LogP contribution < -0.4 is 5.32 Å². The summed E-state index contributed by atoms with van der Waals surface area (Å²) in [6, 6.07) is 0. The van der Waals surface area contributed by atoms with E-state index >= 15 is 0 Å². The number of nitrogens with one attached hydrogen (secondary N) is 1. The van der Waals surface area contributed by atoms with E-state index in [4.69, 9.17) is 0 Å². The second-order valence-corrected chi connectivity index (χ2v) is 3.15. The van der Waals surface area contributed by atoms with Crippen LogP contribution in [0.5, 0.6) is 0 Å². The van der Waals surface area contributed by atoms with Crippen LogP contribution in [0.15, 0.2) is 0 Å². The predicted octanol–water partition coefficient (Wildman–Crippen LogP) is 0.183. The van der Waals surface area contributed by atoms with Crippen LogP contribution in [-0.4, -0.2) is 43.8 Å². The molecule has 1 saturated heterocycles. The van der Waals surface area contributed by atoms with E-state index in [2.05, 4.69) is 10.2 Å². The third kappa shape index (κ3) is 2.74. The van der Waals surface area contributed by atoms with Crippen molar-refractivity contribution in [2.24, 2.45) is 0 Å². The topological polar surface area (TPSA) is 32.3 Å². The van der Waals surface area contributed by atoms with Crippen molar-refractivity contribution in [3.63, 3.8) is 0 Å². The third-order valence-corrected chi connectivity index (χ3v) is 2.10. The van der Waals surface area contributed by atoms with Crippen LogP contribution in [0.25, 0.3) is 0 Å². The SMILES string of the molecule is O=PCCN1CCNCC1. The molecule has 1 heterocycles. The Bertz CT molecular complexity index is 104. The van der Waals surface area contributed by atoms with Crippen LogP contribution in [0.1, 0.15) is 0 Å². The molecular formula is C6H13N2OP. The fourth-order valence-electron chi connectivity index (χ4n) is 1.12. The Morgan fingerprint density at radius 1 is 1.40 bits per heavy atom. The highest BCUT2D eigenvalue weighted by atomic mass is 31.1. The Balaban J connectivity index is 2.07. The lowest BCUT2D eigenvalue weighted by Gasteiger charge is -2.25. The maximum Gasteiger partial charge on any atom is 0.156 e. The number of hydrogen-bond donors (Lipinski definition) is 1. The van der Waals surface area contributed by atoms with E-state index in [-0.39, 0.29) is 8.46 Å². The van der Waals surface area contributed by atoms with Crippen molar-refractivity contribution >= 4 is 8.46 Å². The molecule has 4 heteroatoms. The number of nitrogens with zero attached hydrogens (tertiary/aromatic N) is 1. The average molecular weight is 160 g/mol. The van der Waals surface area contributed by atoms with Crippen LogP contribution in [0.3, 0.4) is 0 Å². The lowest BCUT2D eigenvalue weighted by atomic mass is 10.4. The Morgan fingerprint density at radius 3 is 2.70 bits per heavy atom. The molecule has 0 radical (unpaired) electrons. The molecule has 0 amide bonds. The first-order chi connectivity index (χ1) is 4.93. The van der Waals surface area contributed by atoms with Crippen LogP contribution in [0.2, 0.25) is 0 Å². The van der Waals surface area contributed by atoms with Gasteiger partial charge >= 0.3 is 0 Å². The number of rotatable bonds is 3. The predicted molar refractivity (Wildman–Crippen MR) is 41.8 cm³/mol. The smallest absolute Gasteiger partial charge is 0.156 e. The van der Waals surface area contributed by atoms with Gasteiger partial charge in [0, 0.05) is 38.9 Å². The molecule has 0 unspecified atom stereocenters. The molecule has 0 atom stereocenters. The summed E-state index contributed by atoms with van der Waals surface area (Å²) in [5.74, 6) is 0. The van der Waals surface area contributed by atoms with E-state index in [0.29, 0.717) is 0 Å². The first-order valence-electron chi connectivity index (χ1n) is 3.65. The minimum absolute atomic E-state index is 0.277. The summed E-state index contributed by atoms with van der Waals surface area (Å²) in [4.78, 5) is 2.33. The minimum Gasteiger partial charge on any atom is -0.314 e. The molecular weight excluding hydrogens is 147 g/mol. The van der Waals surface area contributed by atoms with E-state index in [1.54, 1.807) is 0 Å². The van der Waals surface area contributed by atoms with Crippen molar-refractivity contribution in [1.82, 2.24) is 10.2 Å². The van der Waals surface area contributed by atoms with Crippen LogP contribution >= 0.6 is 8.46 Å². The Morgan fingerprint density at radius 2 is 2.10 bits per heavy atom. The molecule has 0 aromatic rings. The first kappa shape index (κ1) is 8.12. The van der Waals surface area contributed by atoms with Gasteiger partial charge < -0.3 is 10.2 Å². The Kier molecular flexibility index (Phi) is 3.88. The van der Waals surface area contributed by atoms with Crippen LogP contribution in [0.4, 0.5) is 0 Å². The lowest BCUT2D eigenvalue weighted by Crippen LogP contribution is -2.44. The van der Waals surface area contributed by atoms with E-state index in [0.717, 1.165) is 38.9 Å². The van der Waals surface area contributed by atoms with Crippen molar-refractivity contribution in [3.05, 3.63) is 0 Å². The Labute approximate surface area is 63.0 Å². The normalized spacial score (nSPS) is 21.6. The third-order valence-electron chi connectivity index (χ3n) is 1.72. The molecule has 1 aliphatic rings. The summed E-state index contributed by atoms with van der Waals surface area (Å²) < 4.78 is 10.1. The van der Waals surface area contributed by atoms with E-state index < -0.39 is 0 Å². The molecule has 1 N–H and O–H groups in total. The quantitative estimate of drug-likeness (QED) is 0.598. The van der Waals surface area contributed by atoms with E-state index in [9.17, 15) is 4.57 Å². The molecule has 1 aliphatic heterocycles. The number of hydrogen-bond acceptors (Lipinski definition) is 3. The minimum atomic E-state index is 0.277. The maximum absolute atomic E-state index is 10.1. The van der Waals surface area contributed by atoms with Crippen molar-refractivity contribution in [1.29, 1.82) is 0 Å². The van der Waals surface area contributed by atoms with Crippen molar-refractivity contribution in [3.8, 4) is 0 Å². The summed E-state index contributed by atoms with van der Waals surface area (Å²) in [5, 5.41) is 3.27. The molecule has 0 spiro atoms. The second-order valence-electron chi connectivity index (χ2n) is 2.44. The van der Waals surface area contributed by atoms with Crippen molar-refractivity contribution in [2.45, 2.75) is 0 Å². The van der Waals surface area contributed by atoms with Gasteiger partial charge in [0.05, 0.1) is 0 Å². The van der Waals surface area contributed by atoms with Crippen molar-refractivity contribution < 1.29 is 4.57 Å². The van der Waals surface area contributed by atoms with Gasteiger partial charge in [0.1, 0.15) is 0 Å². The standard InChI is InChI=1S/C6H13N2OP/c9-10-6-5-8-3-1-7-2-4-8/h7H,1-6H2. The fourth-order valence-corrected chi connectivity index (χ4v) is 1.48. The molecule has 10 heavy (non-hydrogen) atoms. The van der Waals surface area contributed by atoms with Crippen LogP contribution in [-0.2, 0) is 4.57 Å². The summed E-state index contributed by atoms with van der Waals surface area (Å²) >= 11 is 0. The molecule has 58 valence electrons. The zero-order chi connectivity index (χ0) is 7.23. The molecule has 0 aromatic heterocycles. The fraction of sp³-hybridized carbons (Fsp3) is 1.00. The van der Waals surface area contributed by atoms with Gasteiger partial charge in [-0.05, 0) is 0 Å². The molecule has 0 aromatic carbocycles. The van der Waals surface area contributed by atoms with E-state index in [1.807, 2.05) is 0 Å². The zero-order valence-corrected chi connectivity index (χ0v) is 6.94.